The van der Waals surface area contributed by atoms with Crippen molar-refractivity contribution in [2.45, 2.75) is 27.2 Å². The van der Waals surface area contributed by atoms with Gasteiger partial charge in [-0.25, -0.2) is 4.79 Å². The van der Waals surface area contributed by atoms with Crippen LogP contribution in [-0.2, 0) is 9.59 Å². The molecule has 1 heterocycles. The summed E-state index contributed by atoms with van der Waals surface area (Å²) in [5.74, 6) is -0.255. The molecule has 0 aromatic carbocycles. The minimum absolute atomic E-state index is 0.0312. The normalized spacial score (nSPS) is 15.3. The lowest BCUT2D eigenvalue weighted by Crippen LogP contribution is -2.54. The Labute approximate surface area is 114 Å². The number of carbonyl (C=O) groups excluding carboxylic acids is 3. The molecule has 0 atom stereocenters. The first-order valence-corrected chi connectivity index (χ1v) is 6.80. The van der Waals surface area contributed by atoms with Gasteiger partial charge in [-0.05, 0) is 20.8 Å². The highest BCUT2D eigenvalue weighted by Crippen LogP contribution is 2.07. The summed E-state index contributed by atoms with van der Waals surface area (Å²) in [6.07, 6.45) is -0.0377. The minimum atomic E-state index is -0.137. The summed E-state index contributed by atoms with van der Waals surface area (Å²) < 4.78 is 0. The molecule has 0 unspecified atom stereocenters. The van der Waals surface area contributed by atoms with Gasteiger partial charge in [0.1, 0.15) is 5.78 Å². The van der Waals surface area contributed by atoms with E-state index >= 15 is 0 Å². The van der Waals surface area contributed by atoms with E-state index in [1.54, 1.807) is 14.7 Å². The molecule has 1 rings (SSSR count). The number of nitrogens with zero attached hydrogens (tertiary/aromatic N) is 3. The van der Waals surface area contributed by atoms with Crippen molar-refractivity contribution >= 4 is 17.7 Å². The molecule has 19 heavy (non-hydrogen) atoms. The van der Waals surface area contributed by atoms with Crippen molar-refractivity contribution in [3.8, 4) is 0 Å². The molecule has 0 bridgehead atoms. The van der Waals surface area contributed by atoms with Crippen molar-refractivity contribution in [3.05, 3.63) is 0 Å². The number of ketones is 1. The minimum Gasteiger partial charge on any atom is -0.339 e. The van der Waals surface area contributed by atoms with Crippen molar-refractivity contribution in [1.29, 1.82) is 0 Å². The number of hydrogen-bond donors (Lipinski definition) is 0. The van der Waals surface area contributed by atoms with E-state index in [0.29, 0.717) is 39.3 Å². The van der Waals surface area contributed by atoms with Crippen molar-refractivity contribution in [3.63, 3.8) is 0 Å². The average Bonchev–Trinajstić information content (AvgIpc) is 2.39. The first-order valence-electron chi connectivity index (χ1n) is 6.80. The number of carbonyl (C=O) groups is 3. The monoisotopic (exact) mass is 269 g/mol. The number of rotatable bonds is 4. The molecule has 0 spiro atoms. The van der Waals surface area contributed by atoms with Crippen LogP contribution in [0.1, 0.15) is 27.2 Å². The first kappa shape index (κ1) is 15.5. The van der Waals surface area contributed by atoms with Gasteiger partial charge in [-0.3, -0.25) is 9.59 Å². The van der Waals surface area contributed by atoms with Gasteiger partial charge in [-0.1, -0.05) is 0 Å². The summed E-state index contributed by atoms with van der Waals surface area (Å²) in [5, 5.41) is 0. The maximum atomic E-state index is 12.1. The summed E-state index contributed by atoms with van der Waals surface area (Å²) >= 11 is 0. The van der Waals surface area contributed by atoms with Crippen LogP contribution in [0.4, 0.5) is 4.79 Å². The fourth-order valence-electron chi connectivity index (χ4n) is 2.17. The van der Waals surface area contributed by atoms with Crippen molar-refractivity contribution in [1.82, 2.24) is 14.7 Å². The van der Waals surface area contributed by atoms with E-state index < -0.39 is 0 Å². The molecule has 0 saturated carbocycles. The Hall–Kier alpha value is -1.59. The topological polar surface area (TPSA) is 60.9 Å². The molecular formula is C13H23N3O3. The van der Waals surface area contributed by atoms with Gasteiger partial charge in [0.15, 0.2) is 0 Å². The predicted molar refractivity (Wildman–Crippen MR) is 71.8 cm³/mol. The van der Waals surface area contributed by atoms with Crippen molar-refractivity contribution in [2.24, 2.45) is 0 Å². The van der Waals surface area contributed by atoms with Crippen LogP contribution in [0.3, 0.4) is 0 Å². The molecule has 6 nitrogen and oxygen atoms in total. The van der Waals surface area contributed by atoms with Gasteiger partial charge in [-0.2, -0.15) is 0 Å². The molecule has 1 fully saturated rings. The largest absolute Gasteiger partial charge is 0.339 e. The molecule has 1 aliphatic rings. The number of amides is 3. The third-order valence-electron chi connectivity index (χ3n) is 3.34. The van der Waals surface area contributed by atoms with E-state index in [0.717, 1.165) is 0 Å². The second-order valence-electron chi connectivity index (χ2n) is 4.70. The van der Waals surface area contributed by atoms with Crippen LogP contribution < -0.4 is 0 Å². The highest BCUT2D eigenvalue weighted by Gasteiger charge is 2.26. The fraction of sp³-hybridized carbons (Fsp3) is 0.769. The maximum absolute atomic E-state index is 12.1. The van der Waals surface area contributed by atoms with Crippen LogP contribution in [-0.4, -0.2) is 71.7 Å². The van der Waals surface area contributed by atoms with Gasteiger partial charge in [0, 0.05) is 39.3 Å². The van der Waals surface area contributed by atoms with Crippen molar-refractivity contribution < 1.29 is 14.4 Å². The van der Waals surface area contributed by atoms with Gasteiger partial charge in [-0.15, -0.1) is 0 Å². The van der Waals surface area contributed by atoms with Crippen LogP contribution >= 0.6 is 0 Å². The Morgan fingerprint density at radius 2 is 1.42 bits per heavy atom. The summed E-state index contributed by atoms with van der Waals surface area (Å²) in [7, 11) is 0. The molecule has 0 aromatic rings. The smallest absolute Gasteiger partial charge is 0.320 e. The third kappa shape index (κ3) is 4.22. The van der Waals surface area contributed by atoms with Crippen LogP contribution in [0.15, 0.2) is 0 Å². The zero-order valence-electron chi connectivity index (χ0n) is 12.0. The van der Waals surface area contributed by atoms with Gasteiger partial charge in [0.25, 0.3) is 0 Å². The van der Waals surface area contributed by atoms with Crippen LogP contribution in [0.5, 0.6) is 0 Å². The Morgan fingerprint density at radius 1 is 0.947 bits per heavy atom. The molecule has 3 amide bonds. The average molecular weight is 269 g/mol. The predicted octanol–water partition coefficient (Wildman–Crippen LogP) is 0.572. The second-order valence-corrected chi connectivity index (χ2v) is 4.70. The molecule has 6 heteroatoms. The maximum Gasteiger partial charge on any atom is 0.320 e. The van der Waals surface area contributed by atoms with E-state index in [4.69, 9.17) is 0 Å². The molecule has 0 aromatic heterocycles. The zero-order valence-corrected chi connectivity index (χ0v) is 12.0. The highest BCUT2D eigenvalue weighted by molar-refractivity contribution is 5.96. The van der Waals surface area contributed by atoms with Crippen molar-refractivity contribution in [2.75, 3.05) is 39.3 Å². The zero-order chi connectivity index (χ0) is 14.4. The lowest BCUT2D eigenvalue weighted by Gasteiger charge is -2.37. The Kier molecular flexibility index (Phi) is 5.79. The molecule has 0 aliphatic carbocycles. The van der Waals surface area contributed by atoms with Gasteiger partial charge in [0.05, 0.1) is 6.42 Å². The van der Waals surface area contributed by atoms with Crippen LogP contribution in [0, 0.1) is 0 Å². The Morgan fingerprint density at radius 3 is 1.84 bits per heavy atom. The Balaban J connectivity index is 2.46. The number of Topliss-reactive ketones (excluding diaryl/α,β-unsaturated/α-hetero) is 1. The number of piperazine rings is 1. The lowest BCUT2D eigenvalue weighted by molar-refractivity contribution is -0.136. The van der Waals surface area contributed by atoms with E-state index in [2.05, 4.69) is 0 Å². The number of urea groups is 1. The van der Waals surface area contributed by atoms with Gasteiger partial charge < -0.3 is 14.7 Å². The quantitative estimate of drug-likeness (QED) is 0.701. The fourth-order valence-corrected chi connectivity index (χ4v) is 2.17. The Bertz CT molecular complexity index is 345. The lowest BCUT2D eigenvalue weighted by atomic mass is 10.2. The SMILES string of the molecule is CCN(CC)C(=O)N1CCN(C(=O)CC(C)=O)CC1. The van der Waals surface area contributed by atoms with E-state index in [-0.39, 0.29) is 24.1 Å². The van der Waals surface area contributed by atoms with E-state index in [1.807, 2.05) is 13.8 Å². The molecule has 1 aliphatic heterocycles. The number of hydrogen-bond acceptors (Lipinski definition) is 3. The summed E-state index contributed by atoms with van der Waals surface area (Å²) in [6, 6.07) is 0.0312. The van der Waals surface area contributed by atoms with E-state index in [1.165, 1.54) is 6.92 Å². The summed E-state index contributed by atoms with van der Waals surface area (Å²) in [5.41, 5.74) is 0. The van der Waals surface area contributed by atoms with Gasteiger partial charge >= 0.3 is 6.03 Å². The van der Waals surface area contributed by atoms with Gasteiger partial charge in [0.2, 0.25) is 5.91 Å². The molecular weight excluding hydrogens is 246 g/mol. The first-order chi connectivity index (χ1) is 8.99. The molecule has 0 N–H and O–H groups in total. The standard InChI is InChI=1S/C13H23N3O3/c1-4-14(5-2)13(19)16-8-6-15(7-9-16)12(18)10-11(3)17/h4-10H2,1-3H3. The van der Waals surface area contributed by atoms with Crippen LogP contribution in [0.2, 0.25) is 0 Å². The molecule has 1 saturated heterocycles. The molecule has 0 radical (unpaired) electrons. The van der Waals surface area contributed by atoms with Crippen LogP contribution in [0.25, 0.3) is 0 Å². The second kappa shape index (κ2) is 7.11. The third-order valence-corrected chi connectivity index (χ3v) is 3.34. The highest BCUT2D eigenvalue weighted by atomic mass is 16.2. The summed E-state index contributed by atoms with van der Waals surface area (Å²) in [4.78, 5) is 39.9. The molecule has 108 valence electrons. The van der Waals surface area contributed by atoms with E-state index in [9.17, 15) is 14.4 Å². The summed E-state index contributed by atoms with van der Waals surface area (Å²) in [6.45, 7) is 8.81.